The normalized spacial score (nSPS) is 11.1. The lowest BCUT2D eigenvalue weighted by Gasteiger charge is -2.20. The van der Waals surface area contributed by atoms with Crippen molar-refractivity contribution in [2.45, 2.75) is 96.9 Å². The first kappa shape index (κ1) is 20.4. The number of halogens is 1. The topological polar surface area (TPSA) is 12.0 Å². The van der Waals surface area contributed by atoms with Crippen LogP contribution in [0.25, 0.3) is 0 Å². The average Bonchev–Trinajstić information content (AvgIpc) is 2.56. The molecule has 0 saturated carbocycles. The SMILES string of the molecule is CCCCCCCC(CCCCCCC)Nc1ccc(Cl)cc1. The number of unbranched alkanes of at least 4 members (excludes halogenated alkanes) is 8. The summed E-state index contributed by atoms with van der Waals surface area (Å²) in [6.07, 6.45) is 16.2. The van der Waals surface area contributed by atoms with Crippen LogP contribution in [-0.2, 0) is 0 Å². The fraction of sp³-hybridized carbons (Fsp3) is 0.714. The zero-order valence-corrected chi connectivity index (χ0v) is 16.0. The molecule has 0 aliphatic heterocycles. The summed E-state index contributed by atoms with van der Waals surface area (Å²) >= 11 is 5.98. The molecule has 0 bridgehead atoms. The summed E-state index contributed by atoms with van der Waals surface area (Å²) in [6, 6.07) is 8.76. The van der Waals surface area contributed by atoms with E-state index in [2.05, 4.69) is 31.3 Å². The molecule has 1 N–H and O–H groups in total. The summed E-state index contributed by atoms with van der Waals surface area (Å²) < 4.78 is 0. The summed E-state index contributed by atoms with van der Waals surface area (Å²) in [6.45, 7) is 4.56. The Balaban J connectivity index is 2.35. The maximum Gasteiger partial charge on any atom is 0.0407 e. The van der Waals surface area contributed by atoms with Crippen molar-refractivity contribution in [1.29, 1.82) is 0 Å². The summed E-state index contributed by atoms with van der Waals surface area (Å²) in [7, 11) is 0. The maximum atomic E-state index is 5.98. The highest BCUT2D eigenvalue weighted by Gasteiger charge is 2.08. The number of hydrogen-bond acceptors (Lipinski definition) is 1. The molecule has 0 unspecified atom stereocenters. The minimum Gasteiger partial charge on any atom is -0.382 e. The molecule has 1 rings (SSSR count). The van der Waals surface area contributed by atoms with Gasteiger partial charge in [0.2, 0.25) is 0 Å². The zero-order valence-electron chi connectivity index (χ0n) is 15.2. The van der Waals surface area contributed by atoms with E-state index in [-0.39, 0.29) is 0 Å². The van der Waals surface area contributed by atoms with Gasteiger partial charge < -0.3 is 5.32 Å². The van der Waals surface area contributed by atoms with E-state index < -0.39 is 0 Å². The van der Waals surface area contributed by atoms with E-state index in [1.54, 1.807) is 0 Å². The molecule has 0 saturated heterocycles. The molecular weight excluding hydrogens is 302 g/mol. The second-order valence-corrected chi connectivity index (χ2v) is 7.19. The summed E-state index contributed by atoms with van der Waals surface area (Å²) in [5.74, 6) is 0. The van der Waals surface area contributed by atoms with Gasteiger partial charge in [-0.25, -0.2) is 0 Å². The Morgan fingerprint density at radius 2 is 1.22 bits per heavy atom. The Bertz CT molecular complexity index is 360. The van der Waals surface area contributed by atoms with Crippen molar-refractivity contribution in [1.82, 2.24) is 0 Å². The van der Waals surface area contributed by atoms with E-state index in [1.807, 2.05) is 12.1 Å². The molecule has 0 aromatic heterocycles. The van der Waals surface area contributed by atoms with Crippen LogP contribution in [0.1, 0.15) is 90.9 Å². The van der Waals surface area contributed by atoms with Gasteiger partial charge in [0.1, 0.15) is 0 Å². The van der Waals surface area contributed by atoms with E-state index in [0.717, 1.165) is 5.02 Å². The van der Waals surface area contributed by atoms with Gasteiger partial charge in [0.15, 0.2) is 0 Å². The first-order valence-electron chi connectivity index (χ1n) is 9.78. The van der Waals surface area contributed by atoms with Crippen molar-refractivity contribution in [3.05, 3.63) is 29.3 Å². The highest BCUT2D eigenvalue weighted by Crippen LogP contribution is 2.20. The fourth-order valence-electron chi connectivity index (χ4n) is 3.06. The Hall–Kier alpha value is -0.690. The van der Waals surface area contributed by atoms with E-state index >= 15 is 0 Å². The molecule has 1 aromatic carbocycles. The molecular formula is C21H36ClN. The van der Waals surface area contributed by atoms with Gasteiger partial charge in [0, 0.05) is 16.8 Å². The van der Waals surface area contributed by atoms with Gasteiger partial charge in [-0.05, 0) is 37.1 Å². The average molecular weight is 338 g/mol. The molecule has 132 valence electrons. The molecule has 2 heteroatoms. The maximum absolute atomic E-state index is 5.98. The quantitative estimate of drug-likeness (QED) is 0.341. The number of nitrogens with one attached hydrogen (secondary N) is 1. The molecule has 0 aliphatic carbocycles. The van der Waals surface area contributed by atoms with Crippen LogP contribution in [0.5, 0.6) is 0 Å². The third kappa shape index (κ3) is 10.7. The lowest BCUT2D eigenvalue weighted by Crippen LogP contribution is -2.19. The Morgan fingerprint density at radius 1 is 0.739 bits per heavy atom. The van der Waals surface area contributed by atoms with E-state index in [1.165, 1.54) is 82.7 Å². The predicted octanol–water partition coefficient (Wildman–Crippen LogP) is 7.84. The highest BCUT2D eigenvalue weighted by molar-refractivity contribution is 6.30. The van der Waals surface area contributed by atoms with Crippen molar-refractivity contribution in [2.75, 3.05) is 5.32 Å². The molecule has 0 aliphatic rings. The van der Waals surface area contributed by atoms with Crippen LogP contribution in [0.2, 0.25) is 5.02 Å². The van der Waals surface area contributed by atoms with Crippen LogP contribution in [0.3, 0.4) is 0 Å². The van der Waals surface area contributed by atoms with Gasteiger partial charge in [-0.2, -0.15) is 0 Å². The third-order valence-electron chi connectivity index (χ3n) is 4.53. The van der Waals surface area contributed by atoms with Gasteiger partial charge in [-0.1, -0.05) is 89.7 Å². The van der Waals surface area contributed by atoms with E-state index in [0.29, 0.717) is 6.04 Å². The van der Waals surface area contributed by atoms with Crippen molar-refractivity contribution in [3.8, 4) is 0 Å². The number of benzene rings is 1. The lowest BCUT2D eigenvalue weighted by atomic mass is 10.00. The number of anilines is 1. The zero-order chi connectivity index (χ0) is 16.8. The summed E-state index contributed by atoms with van der Waals surface area (Å²) in [4.78, 5) is 0. The first-order valence-corrected chi connectivity index (χ1v) is 10.2. The second kappa shape index (κ2) is 13.7. The Labute approximate surface area is 149 Å². The van der Waals surface area contributed by atoms with Crippen LogP contribution in [0.15, 0.2) is 24.3 Å². The largest absolute Gasteiger partial charge is 0.382 e. The highest BCUT2D eigenvalue weighted by atomic mass is 35.5. The van der Waals surface area contributed by atoms with E-state index in [9.17, 15) is 0 Å². The molecule has 0 atom stereocenters. The molecule has 23 heavy (non-hydrogen) atoms. The lowest BCUT2D eigenvalue weighted by molar-refractivity contribution is 0.507. The first-order chi connectivity index (χ1) is 11.3. The van der Waals surface area contributed by atoms with Crippen LogP contribution >= 0.6 is 11.6 Å². The number of hydrogen-bond donors (Lipinski definition) is 1. The van der Waals surface area contributed by atoms with Gasteiger partial charge in [-0.15, -0.1) is 0 Å². The Kier molecular flexibility index (Phi) is 12.1. The second-order valence-electron chi connectivity index (χ2n) is 6.75. The predicted molar refractivity (Wildman–Crippen MR) is 106 cm³/mol. The molecule has 0 amide bonds. The summed E-state index contributed by atoms with van der Waals surface area (Å²) in [5.41, 5.74) is 1.21. The minimum atomic E-state index is 0.611. The van der Waals surface area contributed by atoms with Crippen molar-refractivity contribution in [3.63, 3.8) is 0 Å². The van der Waals surface area contributed by atoms with Crippen LogP contribution in [0, 0.1) is 0 Å². The van der Waals surface area contributed by atoms with Crippen molar-refractivity contribution >= 4 is 17.3 Å². The monoisotopic (exact) mass is 337 g/mol. The van der Waals surface area contributed by atoms with Gasteiger partial charge >= 0.3 is 0 Å². The van der Waals surface area contributed by atoms with Gasteiger partial charge in [0.25, 0.3) is 0 Å². The smallest absolute Gasteiger partial charge is 0.0407 e. The molecule has 0 spiro atoms. The standard InChI is InChI=1S/C21H36ClN/c1-3-5-7-9-11-13-20(14-12-10-8-6-4-2)23-21-17-15-19(22)16-18-21/h15-18,20,23H,3-14H2,1-2H3. The van der Waals surface area contributed by atoms with Crippen LogP contribution < -0.4 is 5.32 Å². The van der Waals surface area contributed by atoms with Crippen molar-refractivity contribution < 1.29 is 0 Å². The van der Waals surface area contributed by atoms with Crippen LogP contribution in [-0.4, -0.2) is 6.04 Å². The molecule has 0 heterocycles. The molecule has 0 fully saturated rings. The van der Waals surface area contributed by atoms with Gasteiger partial charge in [-0.3, -0.25) is 0 Å². The van der Waals surface area contributed by atoms with E-state index in [4.69, 9.17) is 11.6 Å². The third-order valence-corrected chi connectivity index (χ3v) is 4.78. The summed E-state index contributed by atoms with van der Waals surface area (Å²) in [5, 5.41) is 4.54. The molecule has 1 nitrogen and oxygen atoms in total. The molecule has 0 radical (unpaired) electrons. The number of rotatable bonds is 14. The minimum absolute atomic E-state index is 0.611. The van der Waals surface area contributed by atoms with Crippen molar-refractivity contribution in [2.24, 2.45) is 0 Å². The fourth-order valence-corrected chi connectivity index (χ4v) is 3.19. The van der Waals surface area contributed by atoms with Gasteiger partial charge in [0.05, 0.1) is 0 Å². The Morgan fingerprint density at radius 3 is 1.70 bits per heavy atom. The van der Waals surface area contributed by atoms with Crippen LogP contribution in [0.4, 0.5) is 5.69 Å². The molecule has 1 aromatic rings.